The Morgan fingerprint density at radius 2 is 2.11 bits per heavy atom. The standard InChI is InChI=1S/C14H26N4O/c1-4-13(5-2)18(9-10-19-3)11-12-7-6-8-14(16-12)17-15/h6-8,13H,4-5,9-11,15H2,1-3H3,(H,16,17). The van der Waals surface area contributed by atoms with Crippen molar-refractivity contribution in [2.24, 2.45) is 5.84 Å². The number of aromatic nitrogens is 1. The van der Waals surface area contributed by atoms with Crippen LogP contribution in [0.1, 0.15) is 32.4 Å². The van der Waals surface area contributed by atoms with Crippen LogP contribution < -0.4 is 11.3 Å². The second-order valence-corrected chi connectivity index (χ2v) is 4.59. The summed E-state index contributed by atoms with van der Waals surface area (Å²) < 4.78 is 5.20. The lowest BCUT2D eigenvalue weighted by Crippen LogP contribution is -2.36. The summed E-state index contributed by atoms with van der Waals surface area (Å²) in [7, 11) is 1.74. The van der Waals surface area contributed by atoms with Gasteiger partial charge >= 0.3 is 0 Å². The number of methoxy groups -OCH3 is 1. The highest BCUT2D eigenvalue weighted by atomic mass is 16.5. The fourth-order valence-electron chi connectivity index (χ4n) is 2.26. The summed E-state index contributed by atoms with van der Waals surface area (Å²) >= 11 is 0. The highest BCUT2D eigenvalue weighted by molar-refractivity contribution is 5.33. The van der Waals surface area contributed by atoms with Crippen LogP contribution in [0.4, 0.5) is 5.82 Å². The molecule has 5 heteroatoms. The van der Waals surface area contributed by atoms with Crippen LogP contribution in [0.2, 0.25) is 0 Å². The van der Waals surface area contributed by atoms with E-state index in [9.17, 15) is 0 Å². The Morgan fingerprint density at radius 3 is 2.68 bits per heavy atom. The Morgan fingerprint density at radius 1 is 1.37 bits per heavy atom. The topological polar surface area (TPSA) is 63.4 Å². The van der Waals surface area contributed by atoms with Crippen molar-refractivity contribution in [2.75, 3.05) is 25.7 Å². The van der Waals surface area contributed by atoms with Crippen LogP contribution in [0.3, 0.4) is 0 Å². The van der Waals surface area contributed by atoms with E-state index in [1.807, 2.05) is 18.2 Å². The van der Waals surface area contributed by atoms with Gasteiger partial charge in [0.2, 0.25) is 0 Å². The first-order valence-electron chi connectivity index (χ1n) is 6.90. The predicted molar refractivity (Wildman–Crippen MR) is 78.7 cm³/mol. The molecule has 0 fully saturated rings. The molecule has 0 unspecified atom stereocenters. The maximum atomic E-state index is 5.40. The molecule has 0 radical (unpaired) electrons. The molecule has 0 saturated heterocycles. The normalized spacial score (nSPS) is 11.3. The van der Waals surface area contributed by atoms with Gasteiger partial charge in [0.15, 0.2) is 0 Å². The van der Waals surface area contributed by atoms with Crippen LogP contribution in [0.25, 0.3) is 0 Å². The Labute approximate surface area is 116 Å². The minimum absolute atomic E-state index is 0.562. The highest BCUT2D eigenvalue weighted by Gasteiger charge is 2.15. The molecule has 3 N–H and O–H groups in total. The number of nitrogen functional groups attached to an aromatic ring is 1. The zero-order valence-corrected chi connectivity index (χ0v) is 12.2. The van der Waals surface area contributed by atoms with E-state index in [2.05, 4.69) is 29.2 Å². The van der Waals surface area contributed by atoms with Crippen molar-refractivity contribution >= 4 is 5.82 Å². The van der Waals surface area contributed by atoms with E-state index in [4.69, 9.17) is 10.6 Å². The van der Waals surface area contributed by atoms with Crippen molar-refractivity contribution < 1.29 is 4.74 Å². The number of nitrogens with two attached hydrogens (primary N) is 1. The second-order valence-electron chi connectivity index (χ2n) is 4.59. The number of hydrogen-bond donors (Lipinski definition) is 2. The van der Waals surface area contributed by atoms with Gasteiger partial charge in [-0.15, -0.1) is 0 Å². The SMILES string of the molecule is CCC(CC)N(CCOC)Cc1cccc(NN)n1. The summed E-state index contributed by atoms with van der Waals surface area (Å²) in [6.07, 6.45) is 2.27. The molecule has 1 heterocycles. The van der Waals surface area contributed by atoms with Gasteiger partial charge in [-0.05, 0) is 25.0 Å². The number of pyridine rings is 1. The Hall–Kier alpha value is -1.17. The van der Waals surface area contributed by atoms with Crippen molar-refractivity contribution in [1.82, 2.24) is 9.88 Å². The van der Waals surface area contributed by atoms with Crippen LogP contribution in [-0.4, -0.2) is 36.2 Å². The number of nitrogens with one attached hydrogen (secondary N) is 1. The number of anilines is 1. The zero-order valence-electron chi connectivity index (χ0n) is 12.2. The van der Waals surface area contributed by atoms with E-state index >= 15 is 0 Å². The van der Waals surface area contributed by atoms with Crippen LogP contribution in [0.15, 0.2) is 18.2 Å². The van der Waals surface area contributed by atoms with Crippen molar-refractivity contribution in [3.8, 4) is 0 Å². The Kier molecular flexibility index (Phi) is 7.40. The number of rotatable bonds is 9. The van der Waals surface area contributed by atoms with Crippen LogP contribution >= 0.6 is 0 Å². The number of hydrogen-bond acceptors (Lipinski definition) is 5. The molecule has 108 valence electrons. The first-order valence-corrected chi connectivity index (χ1v) is 6.90. The Balaban J connectivity index is 2.74. The lowest BCUT2D eigenvalue weighted by molar-refractivity contribution is 0.109. The summed E-state index contributed by atoms with van der Waals surface area (Å²) in [4.78, 5) is 6.89. The van der Waals surface area contributed by atoms with Crippen LogP contribution in [0.5, 0.6) is 0 Å². The molecular formula is C14H26N4O. The predicted octanol–water partition coefficient (Wildman–Crippen LogP) is 2.00. The maximum Gasteiger partial charge on any atom is 0.140 e. The summed E-state index contributed by atoms with van der Waals surface area (Å²) in [6, 6.07) is 6.42. The lowest BCUT2D eigenvalue weighted by atomic mass is 10.1. The van der Waals surface area contributed by atoms with E-state index in [-0.39, 0.29) is 0 Å². The zero-order chi connectivity index (χ0) is 14.1. The van der Waals surface area contributed by atoms with Gasteiger partial charge in [0, 0.05) is 26.2 Å². The third-order valence-electron chi connectivity index (χ3n) is 3.36. The molecule has 1 aromatic rings. The molecule has 0 aromatic carbocycles. The minimum atomic E-state index is 0.562. The van der Waals surface area contributed by atoms with E-state index in [0.717, 1.165) is 38.2 Å². The molecule has 0 saturated carbocycles. The molecule has 0 aliphatic rings. The molecule has 0 aliphatic heterocycles. The molecular weight excluding hydrogens is 240 g/mol. The van der Waals surface area contributed by atoms with Gasteiger partial charge in [-0.1, -0.05) is 19.9 Å². The third-order valence-corrected chi connectivity index (χ3v) is 3.36. The van der Waals surface area contributed by atoms with Crippen molar-refractivity contribution in [2.45, 2.75) is 39.3 Å². The first kappa shape index (κ1) is 15.9. The Bertz CT molecular complexity index is 355. The molecule has 1 aromatic heterocycles. The summed E-state index contributed by atoms with van der Waals surface area (Å²) in [5, 5.41) is 0. The monoisotopic (exact) mass is 266 g/mol. The molecule has 1 rings (SSSR count). The quantitative estimate of drug-likeness (QED) is 0.529. The average molecular weight is 266 g/mol. The molecule has 19 heavy (non-hydrogen) atoms. The van der Waals surface area contributed by atoms with E-state index in [1.165, 1.54) is 0 Å². The van der Waals surface area contributed by atoms with Gasteiger partial charge in [-0.2, -0.15) is 0 Å². The second kappa shape index (κ2) is 8.85. The third kappa shape index (κ3) is 5.14. The maximum absolute atomic E-state index is 5.40. The van der Waals surface area contributed by atoms with Gasteiger partial charge < -0.3 is 10.2 Å². The smallest absolute Gasteiger partial charge is 0.140 e. The van der Waals surface area contributed by atoms with Gasteiger partial charge in [-0.25, -0.2) is 10.8 Å². The summed E-state index contributed by atoms with van der Waals surface area (Å²) in [5.41, 5.74) is 3.61. The molecule has 5 nitrogen and oxygen atoms in total. The van der Waals surface area contributed by atoms with Crippen molar-refractivity contribution in [1.29, 1.82) is 0 Å². The van der Waals surface area contributed by atoms with Crippen molar-refractivity contribution in [3.63, 3.8) is 0 Å². The van der Waals surface area contributed by atoms with Crippen molar-refractivity contribution in [3.05, 3.63) is 23.9 Å². The van der Waals surface area contributed by atoms with Gasteiger partial charge in [0.25, 0.3) is 0 Å². The average Bonchev–Trinajstić information content (AvgIpc) is 2.46. The molecule has 0 aliphatic carbocycles. The first-order chi connectivity index (χ1) is 9.24. The molecule has 0 amide bonds. The van der Waals surface area contributed by atoms with E-state index in [0.29, 0.717) is 11.9 Å². The number of hydrazine groups is 1. The van der Waals surface area contributed by atoms with E-state index < -0.39 is 0 Å². The summed E-state index contributed by atoms with van der Waals surface area (Å²) in [6.45, 7) is 6.93. The largest absolute Gasteiger partial charge is 0.383 e. The molecule has 0 spiro atoms. The molecule has 0 bridgehead atoms. The van der Waals surface area contributed by atoms with Gasteiger partial charge in [0.05, 0.1) is 12.3 Å². The van der Waals surface area contributed by atoms with Crippen LogP contribution in [0, 0.1) is 0 Å². The highest BCUT2D eigenvalue weighted by Crippen LogP contribution is 2.13. The van der Waals surface area contributed by atoms with E-state index in [1.54, 1.807) is 7.11 Å². The fraction of sp³-hybridized carbons (Fsp3) is 0.643. The van der Waals surface area contributed by atoms with Gasteiger partial charge in [0.1, 0.15) is 5.82 Å². The fourth-order valence-corrected chi connectivity index (χ4v) is 2.26. The number of ether oxygens (including phenoxy) is 1. The lowest BCUT2D eigenvalue weighted by Gasteiger charge is -2.30. The summed E-state index contributed by atoms with van der Waals surface area (Å²) in [5.74, 6) is 6.10. The minimum Gasteiger partial charge on any atom is -0.383 e. The molecule has 0 atom stereocenters. The number of nitrogens with zero attached hydrogens (tertiary/aromatic N) is 2. The van der Waals surface area contributed by atoms with Crippen LogP contribution in [-0.2, 0) is 11.3 Å². The van der Waals surface area contributed by atoms with Gasteiger partial charge in [-0.3, -0.25) is 4.90 Å².